The molecular formula is C15H18FN. The van der Waals surface area contributed by atoms with Crippen LogP contribution in [-0.4, -0.2) is 7.05 Å². The fraction of sp³-hybridized carbons (Fsp3) is 0.200. The Morgan fingerprint density at radius 2 is 1.59 bits per heavy atom. The molecule has 2 heteroatoms. The van der Waals surface area contributed by atoms with E-state index in [1.807, 2.05) is 25.1 Å². The van der Waals surface area contributed by atoms with Crippen LogP contribution in [0.25, 0.3) is 0 Å². The van der Waals surface area contributed by atoms with Crippen molar-refractivity contribution >= 4 is 5.69 Å². The second-order valence-electron chi connectivity index (χ2n) is 3.86. The molecule has 1 nitrogen and oxygen atoms in total. The topological polar surface area (TPSA) is 12.0 Å². The van der Waals surface area contributed by atoms with Crippen LogP contribution < -0.4 is 5.32 Å². The van der Waals surface area contributed by atoms with Gasteiger partial charge in [-0.1, -0.05) is 42.0 Å². The predicted molar refractivity (Wildman–Crippen MR) is 71.9 cm³/mol. The summed E-state index contributed by atoms with van der Waals surface area (Å²) in [6, 6.07) is 14.9. The maximum atomic E-state index is 12.5. The molecule has 0 saturated carbocycles. The molecule has 2 rings (SSSR count). The first-order chi connectivity index (χ1) is 8.13. The third-order valence-corrected chi connectivity index (χ3v) is 2.41. The number of hydrogen-bond donors (Lipinski definition) is 1. The summed E-state index contributed by atoms with van der Waals surface area (Å²) in [6.45, 7) is 4.02. The minimum atomic E-state index is -0.199. The van der Waals surface area contributed by atoms with Gasteiger partial charge in [-0.3, -0.25) is 0 Å². The summed E-state index contributed by atoms with van der Waals surface area (Å²) < 4.78 is 12.5. The number of aryl methyl sites for hydroxylation is 2. The quantitative estimate of drug-likeness (QED) is 0.776. The molecule has 0 atom stereocenters. The Balaban J connectivity index is 0.000000181. The smallest absolute Gasteiger partial charge is 0.125 e. The van der Waals surface area contributed by atoms with Gasteiger partial charge in [0.25, 0.3) is 0 Å². The molecule has 0 bridgehead atoms. The number of benzene rings is 2. The van der Waals surface area contributed by atoms with Gasteiger partial charge < -0.3 is 5.32 Å². The van der Waals surface area contributed by atoms with Gasteiger partial charge >= 0.3 is 0 Å². The van der Waals surface area contributed by atoms with Gasteiger partial charge in [-0.05, 0) is 31.5 Å². The number of nitrogens with one attached hydrogen (secondary N) is 1. The lowest BCUT2D eigenvalue weighted by Crippen LogP contribution is -1.91. The van der Waals surface area contributed by atoms with Gasteiger partial charge in [-0.15, -0.1) is 0 Å². The fourth-order valence-electron chi connectivity index (χ4n) is 1.40. The van der Waals surface area contributed by atoms with E-state index >= 15 is 0 Å². The molecule has 17 heavy (non-hydrogen) atoms. The molecule has 0 unspecified atom stereocenters. The van der Waals surface area contributed by atoms with E-state index in [-0.39, 0.29) is 5.82 Å². The van der Waals surface area contributed by atoms with Crippen molar-refractivity contribution in [2.45, 2.75) is 13.8 Å². The van der Waals surface area contributed by atoms with Crippen molar-refractivity contribution < 1.29 is 4.39 Å². The van der Waals surface area contributed by atoms with Crippen LogP contribution >= 0.6 is 0 Å². The van der Waals surface area contributed by atoms with Gasteiger partial charge in [-0.25, -0.2) is 4.39 Å². The Morgan fingerprint density at radius 3 is 2.00 bits per heavy atom. The first-order valence-corrected chi connectivity index (χ1v) is 5.59. The van der Waals surface area contributed by atoms with Crippen LogP contribution in [0.15, 0.2) is 48.5 Å². The molecule has 1 N–H and O–H groups in total. The zero-order valence-electron chi connectivity index (χ0n) is 10.5. The van der Waals surface area contributed by atoms with Crippen LogP contribution in [0.4, 0.5) is 10.1 Å². The first kappa shape index (κ1) is 13.2. The van der Waals surface area contributed by atoms with Crippen LogP contribution in [-0.2, 0) is 0 Å². The third kappa shape index (κ3) is 4.68. The molecule has 2 aromatic carbocycles. The molecular weight excluding hydrogens is 213 g/mol. The van der Waals surface area contributed by atoms with Crippen LogP contribution in [0.3, 0.4) is 0 Å². The lowest BCUT2D eigenvalue weighted by molar-refractivity contribution is 0.628. The molecule has 0 radical (unpaired) electrons. The molecule has 0 aliphatic carbocycles. The zero-order valence-corrected chi connectivity index (χ0v) is 10.5. The number of rotatable bonds is 1. The second kappa shape index (κ2) is 6.69. The second-order valence-corrected chi connectivity index (χ2v) is 3.86. The van der Waals surface area contributed by atoms with Crippen molar-refractivity contribution in [1.82, 2.24) is 0 Å². The van der Waals surface area contributed by atoms with Gasteiger partial charge in [-0.2, -0.15) is 0 Å². The molecule has 0 fully saturated rings. The summed E-state index contributed by atoms with van der Waals surface area (Å²) in [6.07, 6.45) is 0. The Bertz CT molecular complexity index is 452. The Kier molecular flexibility index (Phi) is 5.21. The maximum Gasteiger partial charge on any atom is 0.125 e. The first-order valence-electron chi connectivity index (χ1n) is 5.59. The van der Waals surface area contributed by atoms with Crippen molar-refractivity contribution in [3.8, 4) is 0 Å². The molecule has 0 heterocycles. The van der Waals surface area contributed by atoms with E-state index in [9.17, 15) is 4.39 Å². The highest BCUT2D eigenvalue weighted by atomic mass is 19.1. The van der Waals surface area contributed by atoms with Gasteiger partial charge in [0.2, 0.25) is 0 Å². The number of hydrogen-bond acceptors (Lipinski definition) is 1. The van der Waals surface area contributed by atoms with Gasteiger partial charge in [0.15, 0.2) is 0 Å². The minimum Gasteiger partial charge on any atom is -0.388 e. The molecule has 90 valence electrons. The molecule has 2 aromatic rings. The number of anilines is 1. The summed E-state index contributed by atoms with van der Waals surface area (Å²) >= 11 is 0. The van der Waals surface area contributed by atoms with Crippen LogP contribution in [0.5, 0.6) is 0 Å². The Labute approximate surface area is 102 Å². The van der Waals surface area contributed by atoms with E-state index < -0.39 is 0 Å². The van der Waals surface area contributed by atoms with Crippen LogP contribution in [0.1, 0.15) is 11.1 Å². The molecule has 0 amide bonds. The van der Waals surface area contributed by atoms with E-state index in [0.717, 1.165) is 11.3 Å². The maximum absolute atomic E-state index is 12.5. The van der Waals surface area contributed by atoms with E-state index in [4.69, 9.17) is 0 Å². The predicted octanol–water partition coefficient (Wildman–Crippen LogP) is 4.17. The molecule has 0 aliphatic rings. The highest BCUT2D eigenvalue weighted by Crippen LogP contribution is 2.14. The van der Waals surface area contributed by atoms with Crippen LogP contribution in [0.2, 0.25) is 0 Å². The normalized spacial score (nSPS) is 9.18. The van der Waals surface area contributed by atoms with E-state index in [1.54, 1.807) is 13.1 Å². The van der Waals surface area contributed by atoms with Crippen LogP contribution in [0, 0.1) is 19.7 Å². The average Bonchev–Trinajstić information content (AvgIpc) is 2.34. The molecule has 0 aliphatic heterocycles. The summed E-state index contributed by atoms with van der Waals surface area (Å²) in [5, 5.41) is 2.90. The largest absolute Gasteiger partial charge is 0.388 e. The molecule has 0 aromatic heterocycles. The lowest BCUT2D eigenvalue weighted by atomic mass is 10.2. The van der Waals surface area contributed by atoms with Gasteiger partial charge in [0.1, 0.15) is 5.82 Å². The molecule has 0 spiro atoms. The van der Waals surface area contributed by atoms with Gasteiger partial charge in [0.05, 0.1) is 0 Å². The van der Waals surface area contributed by atoms with Crippen molar-refractivity contribution in [3.05, 3.63) is 65.5 Å². The van der Waals surface area contributed by atoms with Crippen molar-refractivity contribution in [1.29, 1.82) is 0 Å². The highest BCUT2D eigenvalue weighted by Gasteiger charge is 1.95. The Hall–Kier alpha value is -1.83. The van der Waals surface area contributed by atoms with Crippen molar-refractivity contribution in [3.63, 3.8) is 0 Å². The average molecular weight is 231 g/mol. The highest BCUT2D eigenvalue weighted by molar-refractivity contribution is 5.49. The summed E-state index contributed by atoms with van der Waals surface area (Å²) in [7, 11) is 1.78. The lowest BCUT2D eigenvalue weighted by Gasteiger charge is -2.02. The summed E-state index contributed by atoms with van der Waals surface area (Å²) in [4.78, 5) is 0. The fourth-order valence-corrected chi connectivity index (χ4v) is 1.40. The summed E-state index contributed by atoms with van der Waals surface area (Å²) in [5.74, 6) is -0.199. The Morgan fingerprint density at radius 1 is 0.941 bits per heavy atom. The van der Waals surface area contributed by atoms with E-state index in [1.165, 1.54) is 17.7 Å². The van der Waals surface area contributed by atoms with Crippen molar-refractivity contribution in [2.24, 2.45) is 0 Å². The SMILES string of the molecule is CNc1cc(F)ccc1C.Cc1ccccc1. The van der Waals surface area contributed by atoms with E-state index in [0.29, 0.717) is 0 Å². The minimum absolute atomic E-state index is 0.199. The van der Waals surface area contributed by atoms with Gasteiger partial charge in [0, 0.05) is 12.7 Å². The monoisotopic (exact) mass is 231 g/mol. The number of halogens is 1. The zero-order chi connectivity index (χ0) is 12.7. The van der Waals surface area contributed by atoms with Crippen molar-refractivity contribution in [2.75, 3.05) is 12.4 Å². The van der Waals surface area contributed by atoms with E-state index in [2.05, 4.69) is 24.4 Å². The summed E-state index contributed by atoms with van der Waals surface area (Å²) in [5.41, 5.74) is 3.23. The third-order valence-electron chi connectivity index (χ3n) is 2.41. The standard InChI is InChI=1S/C8H10FN.C7H8/c1-6-3-4-7(9)5-8(6)10-2;1-7-5-3-2-4-6-7/h3-5,10H,1-2H3;2-6H,1H3. The molecule has 0 saturated heterocycles.